The van der Waals surface area contributed by atoms with Gasteiger partial charge in [0.05, 0.1) is 25.7 Å². The second-order valence-corrected chi connectivity index (χ2v) is 6.34. The highest BCUT2D eigenvalue weighted by Gasteiger charge is 2.31. The van der Waals surface area contributed by atoms with Crippen molar-refractivity contribution in [3.05, 3.63) is 30.1 Å². The second-order valence-electron chi connectivity index (χ2n) is 4.57. The lowest BCUT2D eigenvalue weighted by atomic mass is 10.3. The van der Waals surface area contributed by atoms with Crippen molar-refractivity contribution >= 4 is 10.0 Å². The van der Waals surface area contributed by atoms with Crippen molar-refractivity contribution in [2.45, 2.75) is 17.8 Å². The SMILES string of the molecule is COc1nc(CNS(=O)(=O)c2ccc(OC(F)(F)F)cc2)nc(OC)n1. The van der Waals surface area contributed by atoms with Crippen LogP contribution in [0, 0.1) is 0 Å². The normalized spacial score (nSPS) is 11.9. The molecule has 0 radical (unpaired) electrons. The summed E-state index contributed by atoms with van der Waals surface area (Å²) in [7, 11) is -1.40. The fraction of sp³-hybridized carbons (Fsp3) is 0.308. The lowest BCUT2D eigenvalue weighted by Crippen LogP contribution is -2.24. The lowest BCUT2D eigenvalue weighted by Gasteiger charge is -2.10. The van der Waals surface area contributed by atoms with Crippen LogP contribution in [0.4, 0.5) is 13.2 Å². The van der Waals surface area contributed by atoms with E-state index >= 15 is 0 Å². The van der Waals surface area contributed by atoms with Gasteiger partial charge in [0, 0.05) is 0 Å². The maximum atomic E-state index is 12.2. The van der Waals surface area contributed by atoms with Crippen molar-refractivity contribution in [1.82, 2.24) is 19.7 Å². The predicted octanol–water partition coefficient (Wildman–Crippen LogP) is 1.27. The average molecular weight is 394 g/mol. The number of alkyl halides is 3. The summed E-state index contributed by atoms with van der Waals surface area (Å²) < 4.78 is 76.3. The Morgan fingerprint density at radius 1 is 1.00 bits per heavy atom. The fourth-order valence-corrected chi connectivity index (χ4v) is 2.68. The third kappa shape index (κ3) is 5.42. The van der Waals surface area contributed by atoms with Crippen LogP contribution in [0.5, 0.6) is 17.8 Å². The van der Waals surface area contributed by atoms with Crippen LogP contribution < -0.4 is 18.9 Å². The molecule has 0 fully saturated rings. The number of rotatable bonds is 7. The van der Waals surface area contributed by atoms with Crippen LogP contribution in [0.1, 0.15) is 5.82 Å². The summed E-state index contributed by atoms with van der Waals surface area (Å²) in [5.74, 6) is -0.516. The smallest absolute Gasteiger partial charge is 0.467 e. The zero-order valence-electron chi connectivity index (χ0n) is 13.4. The maximum Gasteiger partial charge on any atom is 0.573 e. The molecule has 1 N–H and O–H groups in total. The first-order valence-corrected chi connectivity index (χ1v) is 8.29. The van der Waals surface area contributed by atoms with Gasteiger partial charge in [0.1, 0.15) is 5.75 Å². The lowest BCUT2D eigenvalue weighted by molar-refractivity contribution is -0.274. The van der Waals surface area contributed by atoms with Gasteiger partial charge < -0.3 is 14.2 Å². The van der Waals surface area contributed by atoms with Gasteiger partial charge in [0.15, 0.2) is 5.82 Å². The molecule has 0 saturated heterocycles. The number of sulfonamides is 1. The Bertz CT molecular complexity index is 837. The second kappa shape index (κ2) is 7.70. The Morgan fingerprint density at radius 2 is 1.54 bits per heavy atom. The van der Waals surface area contributed by atoms with E-state index in [1.165, 1.54) is 14.2 Å². The van der Waals surface area contributed by atoms with Crippen molar-refractivity contribution in [2.24, 2.45) is 0 Å². The number of nitrogens with one attached hydrogen (secondary N) is 1. The molecule has 0 aliphatic rings. The van der Waals surface area contributed by atoms with Gasteiger partial charge in [-0.05, 0) is 24.3 Å². The number of hydrogen-bond donors (Lipinski definition) is 1. The van der Waals surface area contributed by atoms with E-state index in [1.54, 1.807) is 0 Å². The summed E-state index contributed by atoms with van der Waals surface area (Å²) in [5, 5.41) is 0. The van der Waals surface area contributed by atoms with Gasteiger partial charge in [-0.15, -0.1) is 18.2 Å². The highest BCUT2D eigenvalue weighted by atomic mass is 32.2. The Kier molecular flexibility index (Phi) is 5.82. The molecule has 2 rings (SSSR count). The number of aromatic nitrogens is 3. The molecule has 0 amide bonds. The van der Waals surface area contributed by atoms with E-state index in [-0.39, 0.29) is 29.3 Å². The first-order chi connectivity index (χ1) is 12.1. The molecule has 0 atom stereocenters. The van der Waals surface area contributed by atoms with Crippen LogP contribution in [0.15, 0.2) is 29.2 Å². The van der Waals surface area contributed by atoms with Crippen molar-refractivity contribution in [2.75, 3.05) is 14.2 Å². The average Bonchev–Trinajstić information content (AvgIpc) is 2.58. The largest absolute Gasteiger partial charge is 0.573 e. The summed E-state index contributed by atoms with van der Waals surface area (Å²) in [6.45, 7) is -0.321. The summed E-state index contributed by atoms with van der Waals surface area (Å²) in [5.41, 5.74) is 0. The van der Waals surface area contributed by atoms with E-state index < -0.39 is 22.1 Å². The summed E-state index contributed by atoms with van der Waals surface area (Å²) in [6.07, 6.45) is -4.87. The molecule has 0 bridgehead atoms. The quantitative estimate of drug-likeness (QED) is 0.747. The molecule has 1 aromatic carbocycles. The topological polar surface area (TPSA) is 113 Å². The Hall–Kier alpha value is -2.67. The molecule has 0 aliphatic heterocycles. The van der Waals surface area contributed by atoms with Gasteiger partial charge in [-0.3, -0.25) is 0 Å². The Labute approximate surface area is 146 Å². The molecule has 13 heteroatoms. The fourth-order valence-electron chi connectivity index (χ4n) is 1.70. The number of hydrogen-bond acceptors (Lipinski definition) is 8. The van der Waals surface area contributed by atoms with E-state index in [0.29, 0.717) is 0 Å². The third-order valence-electron chi connectivity index (χ3n) is 2.79. The van der Waals surface area contributed by atoms with Crippen molar-refractivity contribution in [3.63, 3.8) is 0 Å². The van der Waals surface area contributed by atoms with E-state index in [9.17, 15) is 21.6 Å². The highest BCUT2D eigenvalue weighted by Crippen LogP contribution is 2.23. The molecule has 0 aliphatic carbocycles. The molecule has 0 saturated carbocycles. The maximum absolute atomic E-state index is 12.2. The molecule has 1 aromatic heterocycles. The molecule has 0 unspecified atom stereocenters. The zero-order chi connectivity index (χ0) is 19.4. The minimum Gasteiger partial charge on any atom is -0.467 e. The molecule has 1 heterocycles. The number of halogens is 3. The van der Waals surface area contributed by atoms with Gasteiger partial charge in [-0.1, -0.05) is 0 Å². The number of benzene rings is 1. The van der Waals surface area contributed by atoms with Gasteiger partial charge in [-0.25, -0.2) is 13.1 Å². The van der Waals surface area contributed by atoms with Gasteiger partial charge >= 0.3 is 18.4 Å². The first kappa shape index (κ1) is 19.7. The van der Waals surface area contributed by atoms with E-state index in [1.807, 2.05) is 0 Å². The van der Waals surface area contributed by atoms with Crippen molar-refractivity contribution in [1.29, 1.82) is 0 Å². The van der Waals surface area contributed by atoms with Gasteiger partial charge in [0.25, 0.3) is 0 Å². The van der Waals surface area contributed by atoms with Gasteiger partial charge in [-0.2, -0.15) is 9.97 Å². The first-order valence-electron chi connectivity index (χ1n) is 6.81. The molecule has 26 heavy (non-hydrogen) atoms. The van der Waals surface area contributed by atoms with Crippen LogP contribution in [0.3, 0.4) is 0 Å². The summed E-state index contributed by atoms with van der Waals surface area (Å²) in [6, 6.07) is 3.57. The zero-order valence-corrected chi connectivity index (χ0v) is 14.3. The van der Waals surface area contributed by atoms with E-state index in [2.05, 4.69) is 24.4 Å². The van der Waals surface area contributed by atoms with Crippen LogP contribution in [-0.2, 0) is 16.6 Å². The molecular formula is C13H13F3N4O5S. The third-order valence-corrected chi connectivity index (χ3v) is 4.21. The monoisotopic (exact) mass is 394 g/mol. The Morgan fingerprint density at radius 3 is 2.00 bits per heavy atom. The number of nitrogens with zero attached hydrogens (tertiary/aromatic N) is 3. The van der Waals surface area contributed by atoms with E-state index in [4.69, 9.17) is 9.47 Å². The molecular weight excluding hydrogens is 381 g/mol. The minimum absolute atomic E-state index is 0.0225. The highest BCUT2D eigenvalue weighted by molar-refractivity contribution is 7.89. The van der Waals surface area contributed by atoms with E-state index in [0.717, 1.165) is 24.3 Å². The van der Waals surface area contributed by atoms with Gasteiger partial charge in [0.2, 0.25) is 10.0 Å². The summed E-state index contributed by atoms with van der Waals surface area (Å²) in [4.78, 5) is 11.2. The van der Waals surface area contributed by atoms with Crippen LogP contribution in [0.2, 0.25) is 0 Å². The number of ether oxygens (including phenoxy) is 3. The Balaban J connectivity index is 2.11. The van der Waals surface area contributed by atoms with Crippen molar-refractivity contribution < 1.29 is 35.8 Å². The predicted molar refractivity (Wildman–Crippen MR) is 80.1 cm³/mol. The van der Waals surface area contributed by atoms with Crippen LogP contribution in [0.25, 0.3) is 0 Å². The molecule has 2 aromatic rings. The minimum atomic E-state index is -4.87. The molecule has 142 valence electrons. The molecule has 9 nitrogen and oxygen atoms in total. The number of methoxy groups -OCH3 is 2. The van der Waals surface area contributed by atoms with Crippen molar-refractivity contribution in [3.8, 4) is 17.8 Å². The molecule has 0 spiro atoms. The van der Waals surface area contributed by atoms with Crippen LogP contribution >= 0.6 is 0 Å². The standard InChI is InChI=1S/C13H13F3N4O5S/c1-23-11-18-10(19-12(20-11)24-2)7-17-26(21,22)9-5-3-8(4-6-9)25-13(14,15)16/h3-6,17H,7H2,1-2H3. The van der Waals surface area contributed by atoms with Crippen LogP contribution in [-0.4, -0.2) is 44.0 Å². The summed E-state index contributed by atoms with van der Waals surface area (Å²) >= 11 is 0.